The normalized spacial score (nSPS) is 15.2. The Balaban J connectivity index is 3.63. The van der Waals surface area contributed by atoms with Crippen LogP contribution in [0, 0.1) is 0 Å². The Bertz CT molecular complexity index is 229. The fourth-order valence-electron chi connectivity index (χ4n) is 1.75. The van der Waals surface area contributed by atoms with Crippen LogP contribution in [-0.2, 0) is 9.47 Å². The van der Waals surface area contributed by atoms with E-state index in [0.717, 1.165) is 38.9 Å². The molecule has 0 aromatic heterocycles. The zero-order valence-corrected chi connectivity index (χ0v) is 14.2. The van der Waals surface area contributed by atoms with Crippen LogP contribution in [-0.4, -0.2) is 37.2 Å². The smallest absolute Gasteiger partial charge is 0.0744 e. The highest BCUT2D eigenvalue weighted by molar-refractivity contribution is 6.18. The van der Waals surface area contributed by atoms with E-state index in [-0.39, 0.29) is 12.2 Å². The molecule has 0 amide bonds. The predicted molar refractivity (Wildman–Crippen MR) is 89.0 cm³/mol. The van der Waals surface area contributed by atoms with Crippen LogP contribution < -0.4 is 0 Å². The minimum Gasteiger partial charge on any atom is -0.377 e. The molecule has 0 spiro atoms. The molecule has 0 saturated heterocycles. The van der Waals surface area contributed by atoms with Crippen LogP contribution in [0.1, 0.15) is 39.5 Å². The standard InChI is InChI=1S/C16H28Cl2O2/c1-3-19-15(13-17)11-9-7-5-6-8-10-12-16(14-18)20-4-2/h7-10,15-16H,3-6,11-14H2,1-2H3/b9-7+,10-8+. The Hall–Kier alpha value is -0.0200. The van der Waals surface area contributed by atoms with Crippen LogP contribution in [0.3, 0.4) is 0 Å². The number of rotatable bonds is 13. The lowest BCUT2D eigenvalue weighted by atomic mass is 10.2. The molecule has 0 aromatic carbocycles. The summed E-state index contributed by atoms with van der Waals surface area (Å²) < 4.78 is 10.9. The second-order valence-corrected chi connectivity index (χ2v) is 5.07. The molecule has 0 aliphatic rings. The zero-order chi connectivity index (χ0) is 15.1. The Morgan fingerprint density at radius 3 is 1.45 bits per heavy atom. The van der Waals surface area contributed by atoms with Gasteiger partial charge in [0.15, 0.2) is 0 Å². The number of hydrogen-bond donors (Lipinski definition) is 0. The molecule has 0 aliphatic heterocycles. The molecular weight excluding hydrogens is 295 g/mol. The van der Waals surface area contributed by atoms with Gasteiger partial charge in [0.2, 0.25) is 0 Å². The number of ether oxygens (including phenoxy) is 2. The summed E-state index contributed by atoms with van der Waals surface area (Å²) in [4.78, 5) is 0. The summed E-state index contributed by atoms with van der Waals surface area (Å²) in [5, 5.41) is 0. The number of hydrogen-bond acceptors (Lipinski definition) is 2. The van der Waals surface area contributed by atoms with Crippen molar-refractivity contribution in [3.05, 3.63) is 24.3 Å². The van der Waals surface area contributed by atoms with E-state index in [0.29, 0.717) is 11.8 Å². The molecule has 2 nitrogen and oxygen atoms in total. The highest BCUT2D eigenvalue weighted by atomic mass is 35.5. The largest absolute Gasteiger partial charge is 0.377 e. The molecular formula is C16H28Cl2O2. The molecule has 0 saturated carbocycles. The van der Waals surface area contributed by atoms with Crippen molar-refractivity contribution in [3.8, 4) is 0 Å². The van der Waals surface area contributed by atoms with E-state index in [9.17, 15) is 0 Å². The third kappa shape index (κ3) is 11.8. The van der Waals surface area contributed by atoms with E-state index in [1.807, 2.05) is 13.8 Å². The van der Waals surface area contributed by atoms with Crippen molar-refractivity contribution in [2.24, 2.45) is 0 Å². The molecule has 0 N–H and O–H groups in total. The van der Waals surface area contributed by atoms with E-state index in [1.165, 1.54) is 0 Å². The van der Waals surface area contributed by atoms with Gasteiger partial charge in [-0.1, -0.05) is 24.3 Å². The van der Waals surface area contributed by atoms with Gasteiger partial charge in [0.1, 0.15) is 0 Å². The number of alkyl halides is 2. The first-order chi connectivity index (χ1) is 9.78. The van der Waals surface area contributed by atoms with Crippen LogP contribution in [0.2, 0.25) is 0 Å². The molecule has 118 valence electrons. The Morgan fingerprint density at radius 1 is 0.750 bits per heavy atom. The second kappa shape index (κ2) is 15.4. The Morgan fingerprint density at radius 2 is 1.15 bits per heavy atom. The lowest BCUT2D eigenvalue weighted by Crippen LogP contribution is -2.13. The van der Waals surface area contributed by atoms with Crippen molar-refractivity contribution in [2.45, 2.75) is 51.7 Å². The first kappa shape index (κ1) is 20.0. The lowest BCUT2D eigenvalue weighted by Gasteiger charge is -2.10. The Kier molecular flexibility index (Phi) is 15.4. The Labute approximate surface area is 134 Å². The summed E-state index contributed by atoms with van der Waals surface area (Å²) in [6.07, 6.45) is 12.8. The van der Waals surface area contributed by atoms with Crippen molar-refractivity contribution >= 4 is 23.2 Å². The van der Waals surface area contributed by atoms with Crippen molar-refractivity contribution in [1.29, 1.82) is 0 Å². The van der Waals surface area contributed by atoms with Crippen LogP contribution in [0.4, 0.5) is 0 Å². The van der Waals surface area contributed by atoms with Crippen molar-refractivity contribution in [1.82, 2.24) is 0 Å². The summed E-state index contributed by atoms with van der Waals surface area (Å²) in [6.45, 7) is 5.42. The average molecular weight is 323 g/mol. The molecule has 0 rings (SSSR count). The molecule has 0 radical (unpaired) electrons. The lowest BCUT2D eigenvalue weighted by molar-refractivity contribution is 0.0808. The van der Waals surface area contributed by atoms with Gasteiger partial charge in [-0.25, -0.2) is 0 Å². The van der Waals surface area contributed by atoms with E-state index in [2.05, 4.69) is 24.3 Å². The van der Waals surface area contributed by atoms with E-state index in [1.54, 1.807) is 0 Å². The quantitative estimate of drug-likeness (QED) is 0.271. The van der Waals surface area contributed by atoms with Gasteiger partial charge in [0.25, 0.3) is 0 Å². The molecule has 2 atom stereocenters. The molecule has 0 heterocycles. The van der Waals surface area contributed by atoms with Crippen LogP contribution in [0.25, 0.3) is 0 Å². The maximum atomic E-state index is 5.80. The van der Waals surface area contributed by atoms with Gasteiger partial charge in [-0.2, -0.15) is 0 Å². The van der Waals surface area contributed by atoms with E-state index in [4.69, 9.17) is 32.7 Å². The van der Waals surface area contributed by atoms with Gasteiger partial charge in [-0.05, 0) is 39.5 Å². The van der Waals surface area contributed by atoms with Crippen LogP contribution in [0.5, 0.6) is 0 Å². The summed E-state index contributed by atoms with van der Waals surface area (Å²) in [5.41, 5.74) is 0. The summed E-state index contributed by atoms with van der Waals surface area (Å²) >= 11 is 11.6. The number of unbranched alkanes of at least 4 members (excludes halogenated alkanes) is 1. The SMILES string of the molecule is CCOC(CCl)C/C=C/CC/C=C/CC(CCl)OCC. The van der Waals surface area contributed by atoms with Gasteiger partial charge in [0.05, 0.1) is 12.2 Å². The van der Waals surface area contributed by atoms with Gasteiger partial charge in [-0.3, -0.25) is 0 Å². The summed E-state index contributed by atoms with van der Waals surface area (Å²) in [7, 11) is 0. The first-order valence-corrected chi connectivity index (χ1v) is 8.50. The minimum atomic E-state index is 0.143. The van der Waals surface area contributed by atoms with Crippen molar-refractivity contribution in [2.75, 3.05) is 25.0 Å². The minimum absolute atomic E-state index is 0.143. The van der Waals surface area contributed by atoms with E-state index < -0.39 is 0 Å². The third-order valence-corrected chi connectivity index (χ3v) is 3.47. The average Bonchev–Trinajstić information content (AvgIpc) is 2.47. The maximum absolute atomic E-state index is 5.80. The maximum Gasteiger partial charge on any atom is 0.0744 e. The molecule has 20 heavy (non-hydrogen) atoms. The zero-order valence-electron chi connectivity index (χ0n) is 12.7. The van der Waals surface area contributed by atoms with Gasteiger partial charge in [0, 0.05) is 25.0 Å². The number of allylic oxidation sites excluding steroid dienone is 2. The topological polar surface area (TPSA) is 18.5 Å². The fraction of sp³-hybridized carbons (Fsp3) is 0.750. The summed E-state index contributed by atoms with van der Waals surface area (Å²) in [6, 6.07) is 0. The molecule has 0 aliphatic carbocycles. The van der Waals surface area contributed by atoms with Gasteiger partial charge < -0.3 is 9.47 Å². The third-order valence-electron chi connectivity index (χ3n) is 2.78. The second-order valence-electron chi connectivity index (χ2n) is 4.45. The highest BCUT2D eigenvalue weighted by Crippen LogP contribution is 2.05. The van der Waals surface area contributed by atoms with Crippen LogP contribution >= 0.6 is 23.2 Å². The van der Waals surface area contributed by atoms with Gasteiger partial charge >= 0.3 is 0 Å². The van der Waals surface area contributed by atoms with Crippen LogP contribution in [0.15, 0.2) is 24.3 Å². The molecule has 0 aromatic rings. The fourth-order valence-corrected chi connectivity index (χ4v) is 2.18. The first-order valence-electron chi connectivity index (χ1n) is 7.43. The molecule has 4 heteroatoms. The molecule has 2 unspecified atom stereocenters. The molecule has 0 bridgehead atoms. The summed E-state index contributed by atoms with van der Waals surface area (Å²) in [5.74, 6) is 1.10. The molecule has 0 fully saturated rings. The van der Waals surface area contributed by atoms with E-state index >= 15 is 0 Å². The number of halogens is 2. The van der Waals surface area contributed by atoms with Crippen molar-refractivity contribution < 1.29 is 9.47 Å². The predicted octanol–water partition coefficient (Wildman–Crippen LogP) is 4.95. The highest BCUT2D eigenvalue weighted by Gasteiger charge is 2.03. The monoisotopic (exact) mass is 322 g/mol. The van der Waals surface area contributed by atoms with Gasteiger partial charge in [-0.15, -0.1) is 23.2 Å². The van der Waals surface area contributed by atoms with Crippen molar-refractivity contribution in [3.63, 3.8) is 0 Å².